The molecule has 1 aromatic carbocycles. The van der Waals surface area contributed by atoms with Crippen LogP contribution in [-0.2, 0) is 6.42 Å². The number of anilines is 1. The Bertz CT molecular complexity index is 297. The lowest BCUT2D eigenvalue weighted by Crippen LogP contribution is -2.14. The molecule has 3 heteroatoms. The molecule has 0 bridgehead atoms. The molecule has 0 fully saturated rings. The number of aryl methyl sites for hydroxylation is 1. The van der Waals surface area contributed by atoms with E-state index in [1.165, 1.54) is 6.07 Å². The first kappa shape index (κ1) is 11.0. The van der Waals surface area contributed by atoms with Gasteiger partial charge in [-0.15, -0.1) is 0 Å². The Kier molecular flexibility index (Phi) is 3.89. The Morgan fingerprint density at radius 2 is 2.07 bits per heavy atom. The second kappa shape index (κ2) is 4.96. The van der Waals surface area contributed by atoms with E-state index in [-0.39, 0.29) is 5.82 Å². The number of rotatable bonds is 4. The highest BCUT2D eigenvalue weighted by molar-refractivity contribution is 5.53. The maximum atomic E-state index is 13.5. The van der Waals surface area contributed by atoms with Crippen LogP contribution in [0.4, 0.5) is 10.1 Å². The second-order valence-electron chi connectivity index (χ2n) is 3.53. The summed E-state index contributed by atoms with van der Waals surface area (Å²) in [5.74, 6) is -0.162. The summed E-state index contributed by atoms with van der Waals surface area (Å²) in [5.41, 5.74) is 7.14. The van der Waals surface area contributed by atoms with Crippen LogP contribution in [0.25, 0.3) is 0 Å². The molecule has 0 spiro atoms. The van der Waals surface area contributed by atoms with Gasteiger partial charge in [-0.25, -0.2) is 4.39 Å². The fourth-order valence-corrected chi connectivity index (χ4v) is 1.56. The predicted octanol–water partition coefficient (Wildman–Crippen LogP) is 1.78. The highest BCUT2D eigenvalue weighted by Gasteiger charge is 2.09. The summed E-state index contributed by atoms with van der Waals surface area (Å²) < 4.78 is 13.5. The fourth-order valence-electron chi connectivity index (χ4n) is 1.56. The minimum absolute atomic E-state index is 0.162. The second-order valence-corrected chi connectivity index (χ2v) is 3.53. The summed E-state index contributed by atoms with van der Waals surface area (Å²) in [5, 5.41) is 0. The van der Waals surface area contributed by atoms with Gasteiger partial charge in [-0.05, 0) is 31.0 Å². The van der Waals surface area contributed by atoms with Crippen molar-refractivity contribution in [3.8, 4) is 0 Å². The largest absolute Gasteiger partial charge is 0.375 e. The van der Waals surface area contributed by atoms with Gasteiger partial charge in [0, 0.05) is 14.1 Å². The standard InChI is InChI=1S/C11H17FN2/c1-14(2)11-9(6-4-8-13)5-3-7-10(11)12/h3,5,7H,4,6,8,13H2,1-2H3. The lowest BCUT2D eigenvalue weighted by Gasteiger charge is -2.18. The van der Waals surface area contributed by atoms with Gasteiger partial charge in [-0.2, -0.15) is 0 Å². The molecule has 2 N–H and O–H groups in total. The molecule has 0 aromatic heterocycles. The van der Waals surface area contributed by atoms with E-state index in [9.17, 15) is 4.39 Å². The highest BCUT2D eigenvalue weighted by Crippen LogP contribution is 2.23. The number of nitrogens with zero attached hydrogens (tertiary/aromatic N) is 1. The smallest absolute Gasteiger partial charge is 0.146 e. The van der Waals surface area contributed by atoms with Crippen molar-refractivity contribution in [1.29, 1.82) is 0 Å². The minimum atomic E-state index is -0.162. The molecule has 1 rings (SSSR count). The van der Waals surface area contributed by atoms with Gasteiger partial charge >= 0.3 is 0 Å². The van der Waals surface area contributed by atoms with Crippen molar-refractivity contribution >= 4 is 5.69 Å². The Labute approximate surface area is 84.5 Å². The first-order chi connectivity index (χ1) is 6.66. The summed E-state index contributed by atoms with van der Waals surface area (Å²) in [7, 11) is 3.70. The summed E-state index contributed by atoms with van der Waals surface area (Å²) in [6.07, 6.45) is 1.73. The minimum Gasteiger partial charge on any atom is -0.375 e. The van der Waals surface area contributed by atoms with Crippen LogP contribution in [0.2, 0.25) is 0 Å². The van der Waals surface area contributed by atoms with E-state index >= 15 is 0 Å². The van der Waals surface area contributed by atoms with Gasteiger partial charge in [0.1, 0.15) is 5.82 Å². The van der Waals surface area contributed by atoms with Crippen LogP contribution in [0.3, 0.4) is 0 Å². The summed E-state index contributed by atoms with van der Waals surface area (Å²) >= 11 is 0. The molecule has 0 saturated carbocycles. The monoisotopic (exact) mass is 196 g/mol. The van der Waals surface area contributed by atoms with Crippen LogP contribution in [0, 0.1) is 5.82 Å². The zero-order valence-electron chi connectivity index (χ0n) is 8.76. The molecule has 78 valence electrons. The molecule has 0 aliphatic carbocycles. The van der Waals surface area contributed by atoms with Crippen molar-refractivity contribution in [2.45, 2.75) is 12.8 Å². The summed E-state index contributed by atoms with van der Waals surface area (Å²) in [4.78, 5) is 1.81. The first-order valence-corrected chi connectivity index (χ1v) is 4.81. The van der Waals surface area contributed by atoms with Gasteiger partial charge in [0.15, 0.2) is 0 Å². The lowest BCUT2D eigenvalue weighted by atomic mass is 10.1. The third-order valence-corrected chi connectivity index (χ3v) is 2.17. The fraction of sp³-hybridized carbons (Fsp3) is 0.455. The third kappa shape index (κ3) is 2.45. The lowest BCUT2D eigenvalue weighted by molar-refractivity contribution is 0.623. The van der Waals surface area contributed by atoms with Crippen molar-refractivity contribution in [2.24, 2.45) is 5.73 Å². The van der Waals surface area contributed by atoms with E-state index in [4.69, 9.17) is 5.73 Å². The molecule has 0 radical (unpaired) electrons. The van der Waals surface area contributed by atoms with Crippen LogP contribution < -0.4 is 10.6 Å². The van der Waals surface area contributed by atoms with E-state index in [1.807, 2.05) is 20.2 Å². The summed E-state index contributed by atoms with van der Waals surface area (Å²) in [6, 6.07) is 5.18. The number of hydrogen-bond acceptors (Lipinski definition) is 2. The molecule has 0 aliphatic rings. The molecule has 14 heavy (non-hydrogen) atoms. The van der Waals surface area contributed by atoms with Crippen LogP contribution in [-0.4, -0.2) is 20.6 Å². The van der Waals surface area contributed by atoms with Crippen molar-refractivity contribution in [2.75, 3.05) is 25.5 Å². The van der Waals surface area contributed by atoms with Crippen LogP contribution >= 0.6 is 0 Å². The molecular formula is C11H17FN2. The van der Waals surface area contributed by atoms with Gasteiger partial charge in [-0.3, -0.25) is 0 Å². The van der Waals surface area contributed by atoms with Crippen molar-refractivity contribution < 1.29 is 4.39 Å². The normalized spacial score (nSPS) is 10.3. The highest BCUT2D eigenvalue weighted by atomic mass is 19.1. The maximum Gasteiger partial charge on any atom is 0.146 e. The Hall–Kier alpha value is -1.09. The third-order valence-electron chi connectivity index (χ3n) is 2.17. The van der Waals surface area contributed by atoms with E-state index < -0.39 is 0 Å². The van der Waals surface area contributed by atoms with E-state index in [0.717, 1.165) is 18.4 Å². The van der Waals surface area contributed by atoms with Gasteiger partial charge in [0.25, 0.3) is 0 Å². The van der Waals surface area contributed by atoms with Crippen molar-refractivity contribution in [1.82, 2.24) is 0 Å². The van der Waals surface area contributed by atoms with Crippen molar-refractivity contribution in [3.05, 3.63) is 29.6 Å². The van der Waals surface area contributed by atoms with Gasteiger partial charge in [0.2, 0.25) is 0 Å². The average Bonchev–Trinajstić information content (AvgIpc) is 2.14. The molecule has 0 aliphatic heterocycles. The molecule has 0 amide bonds. The Morgan fingerprint density at radius 3 is 2.64 bits per heavy atom. The molecule has 0 heterocycles. The summed E-state index contributed by atoms with van der Waals surface area (Å²) in [6.45, 7) is 0.642. The van der Waals surface area contributed by atoms with Crippen LogP contribution in [0.15, 0.2) is 18.2 Å². The maximum absolute atomic E-state index is 13.5. The van der Waals surface area contributed by atoms with Crippen LogP contribution in [0.5, 0.6) is 0 Å². The van der Waals surface area contributed by atoms with E-state index in [0.29, 0.717) is 12.2 Å². The molecule has 0 atom stereocenters. The SMILES string of the molecule is CN(C)c1c(F)cccc1CCCN. The predicted molar refractivity (Wildman–Crippen MR) is 58.1 cm³/mol. The van der Waals surface area contributed by atoms with E-state index in [2.05, 4.69) is 0 Å². The quantitative estimate of drug-likeness (QED) is 0.795. The van der Waals surface area contributed by atoms with Crippen molar-refractivity contribution in [3.63, 3.8) is 0 Å². The number of halogens is 1. The van der Waals surface area contributed by atoms with Gasteiger partial charge in [-0.1, -0.05) is 12.1 Å². The topological polar surface area (TPSA) is 29.3 Å². The number of hydrogen-bond donors (Lipinski definition) is 1. The number of nitrogens with two attached hydrogens (primary N) is 1. The van der Waals surface area contributed by atoms with E-state index in [1.54, 1.807) is 11.0 Å². The van der Waals surface area contributed by atoms with Gasteiger partial charge < -0.3 is 10.6 Å². The zero-order chi connectivity index (χ0) is 10.6. The molecule has 2 nitrogen and oxygen atoms in total. The molecular weight excluding hydrogens is 179 g/mol. The zero-order valence-corrected chi connectivity index (χ0v) is 8.76. The number of para-hydroxylation sites is 1. The Balaban J connectivity index is 2.96. The molecule has 0 unspecified atom stereocenters. The average molecular weight is 196 g/mol. The number of benzene rings is 1. The van der Waals surface area contributed by atoms with Gasteiger partial charge in [0.05, 0.1) is 5.69 Å². The molecule has 1 aromatic rings. The molecule has 0 saturated heterocycles. The van der Waals surface area contributed by atoms with Crippen LogP contribution in [0.1, 0.15) is 12.0 Å². The first-order valence-electron chi connectivity index (χ1n) is 4.81. The Morgan fingerprint density at radius 1 is 1.36 bits per heavy atom.